The van der Waals surface area contributed by atoms with E-state index in [9.17, 15) is 4.79 Å². The van der Waals surface area contributed by atoms with Crippen molar-refractivity contribution in [1.82, 2.24) is 0 Å². The van der Waals surface area contributed by atoms with Crippen LogP contribution >= 0.6 is 11.6 Å². The third kappa shape index (κ3) is 4.65. The summed E-state index contributed by atoms with van der Waals surface area (Å²) in [5.41, 5.74) is 0. The van der Waals surface area contributed by atoms with Gasteiger partial charge in [-0.05, 0) is 25.5 Å². The summed E-state index contributed by atoms with van der Waals surface area (Å²) in [5.74, 6) is 1.30. The van der Waals surface area contributed by atoms with E-state index < -0.39 is 0 Å². The zero-order valence-corrected chi connectivity index (χ0v) is 10.9. The van der Waals surface area contributed by atoms with Gasteiger partial charge in [-0.1, -0.05) is 18.5 Å². The second-order valence-electron chi connectivity index (χ2n) is 3.73. The van der Waals surface area contributed by atoms with Crippen molar-refractivity contribution >= 4 is 17.9 Å². The molecule has 0 saturated heterocycles. The van der Waals surface area contributed by atoms with E-state index in [0.29, 0.717) is 23.8 Å². The van der Waals surface area contributed by atoms with E-state index in [4.69, 9.17) is 21.1 Å². The van der Waals surface area contributed by atoms with E-state index in [1.165, 1.54) is 0 Å². The molecule has 0 amide bonds. The molecule has 1 rings (SSSR count). The molecule has 0 N–H and O–H groups in total. The van der Waals surface area contributed by atoms with E-state index in [1.807, 2.05) is 13.0 Å². The maximum Gasteiger partial charge on any atom is 0.138 e. The van der Waals surface area contributed by atoms with Gasteiger partial charge in [-0.15, -0.1) is 0 Å². The van der Waals surface area contributed by atoms with E-state index in [0.717, 1.165) is 18.5 Å². The minimum atomic E-state index is 0.160. The van der Waals surface area contributed by atoms with Gasteiger partial charge in [0.1, 0.15) is 17.8 Å². The first kappa shape index (κ1) is 13.8. The molecule has 0 aromatic heterocycles. The van der Waals surface area contributed by atoms with E-state index in [1.54, 1.807) is 12.1 Å². The van der Waals surface area contributed by atoms with E-state index >= 15 is 0 Å². The number of benzene rings is 1. The summed E-state index contributed by atoms with van der Waals surface area (Å²) < 4.78 is 11.0. The molecule has 0 spiro atoms. The van der Waals surface area contributed by atoms with Crippen LogP contribution in [-0.2, 0) is 4.79 Å². The number of hydrogen-bond donors (Lipinski definition) is 0. The molecule has 0 heterocycles. The van der Waals surface area contributed by atoms with Crippen molar-refractivity contribution in [3.05, 3.63) is 23.2 Å². The molecule has 0 saturated carbocycles. The normalized spacial score (nSPS) is 11.9. The summed E-state index contributed by atoms with van der Waals surface area (Å²) in [5, 5.41) is 0.497. The van der Waals surface area contributed by atoms with Gasteiger partial charge in [0, 0.05) is 12.5 Å². The van der Waals surface area contributed by atoms with Crippen LogP contribution < -0.4 is 9.47 Å². The van der Waals surface area contributed by atoms with Crippen molar-refractivity contribution in [3.8, 4) is 11.5 Å². The van der Waals surface area contributed by atoms with Crippen LogP contribution in [0, 0.1) is 0 Å². The van der Waals surface area contributed by atoms with Crippen molar-refractivity contribution < 1.29 is 14.3 Å². The summed E-state index contributed by atoms with van der Waals surface area (Å²) in [6, 6.07) is 5.29. The van der Waals surface area contributed by atoms with Crippen LogP contribution in [0.15, 0.2) is 18.2 Å². The molecule has 1 aromatic rings. The molecule has 1 atom stereocenters. The summed E-state index contributed by atoms with van der Waals surface area (Å²) in [4.78, 5) is 10.2. The molecule has 0 bridgehead atoms. The average molecular weight is 257 g/mol. The van der Waals surface area contributed by atoms with Crippen LogP contribution in [0.3, 0.4) is 0 Å². The first-order chi connectivity index (χ1) is 8.17. The summed E-state index contributed by atoms with van der Waals surface area (Å²) >= 11 is 6.04. The van der Waals surface area contributed by atoms with Crippen molar-refractivity contribution in [2.45, 2.75) is 32.8 Å². The predicted molar refractivity (Wildman–Crippen MR) is 68.0 cm³/mol. The van der Waals surface area contributed by atoms with Gasteiger partial charge in [-0.3, -0.25) is 0 Å². The molecular weight excluding hydrogens is 240 g/mol. The molecule has 0 aliphatic rings. The third-order valence-corrected chi connectivity index (χ3v) is 2.60. The number of ether oxygens (including phenoxy) is 2. The Morgan fingerprint density at radius 1 is 1.47 bits per heavy atom. The minimum Gasteiger partial charge on any atom is -0.492 e. The molecule has 3 nitrogen and oxygen atoms in total. The lowest BCUT2D eigenvalue weighted by atomic mass is 10.3. The molecule has 1 unspecified atom stereocenters. The van der Waals surface area contributed by atoms with Crippen LogP contribution in [0.5, 0.6) is 11.5 Å². The van der Waals surface area contributed by atoms with Crippen LogP contribution in [0.25, 0.3) is 0 Å². The van der Waals surface area contributed by atoms with Crippen molar-refractivity contribution in [2.24, 2.45) is 0 Å². The Hall–Kier alpha value is -1.22. The molecule has 17 heavy (non-hydrogen) atoms. The average Bonchev–Trinajstić information content (AvgIpc) is 2.32. The summed E-state index contributed by atoms with van der Waals surface area (Å²) in [6.07, 6.45) is 2.28. The highest BCUT2D eigenvalue weighted by molar-refractivity contribution is 6.32. The second-order valence-corrected chi connectivity index (χ2v) is 4.14. The Bertz CT molecular complexity index is 366. The monoisotopic (exact) mass is 256 g/mol. The van der Waals surface area contributed by atoms with Crippen LogP contribution in [0.4, 0.5) is 0 Å². The Morgan fingerprint density at radius 2 is 2.24 bits per heavy atom. The molecule has 0 aliphatic heterocycles. The maximum atomic E-state index is 10.2. The van der Waals surface area contributed by atoms with Crippen LogP contribution in [0.2, 0.25) is 5.02 Å². The fourth-order valence-corrected chi connectivity index (χ4v) is 1.43. The summed E-state index contributed by atoms with van der Waals surface area (Å²) in [7, 11) is 0. The van der Waals surface area contributed by atoms with Gasteiger partial charge in [0.25, 0.3) is 0 Å². The first-order valence-electron chi connectivity index (χ1n) is 5.70. The molecular formula is C13H17ClO3. The Balaban J connectivity index is 2.62. The van der Waals surface area contributed by atoms with E-state index in [2.05, 4.69) is 6.92 Å². The van der Waals surface area contributed by atoms with Crippen molar-refractivity contribution in [2.75, 3.05) is 6.61 Å². The van der Waals surface area contributed by atoms with Gasteiger partial charge in [-0.2, -0.15) is 0 Å². The number of carbonyl (C=O) groups excluding carboxylic acids is 1. The second kappa shape index (κ2) is 7.17. The number of rotatable bonds is 7. The van der Waals surface area contributed by atoms with E-state index in [-0.39, 0.29) is 6.10 Å². The highest BCUT2D eigenvalue weighted by atomic mass is 35.5. The lowest BCUT2D eigenvalue weighted by Crippen LogP contribution is -2.09. The molecule has 0 fully saturated rings. The molecule has 0 radical (unpaired) electrons. The fraction of sp³-hybridized carbons (Fsp3) is 0.462. The van der Waals surface area contributed by atoms with Gasteiger partial charge in [0.15, 0.2) is 0 Å². The largest absolute Gasteiger partial charge is 0.492 e. The standard InChI is InChI=1S/C13H17ClO3/c1-3-10(2)17-11-5-6-13(12(14)9-11)16-8-4-7-15/h5-7,9-10H,3-4,8H2,1-2H3. The van der Waals surface area contributed by atoms with Crippen molar-refractivity contribution in [1.29, 1.82) is 0 Å². The lowest BCUT2D eigenvalue weighted by molar-refractivity contribution is -0.108. The topological polar surface area (TPSA) is 35.5 Å². The first-order valence-corrected chi connectivity index (χ1v) is 6.07. The number of halogens is 1. The summed E-state index contributed by atoms with van der Waals surface area (Å²) in [6.45, 7) is 4.40. The van der Waals surface area contributed by atoms with Gasteiger partial charge in [0.2, 0.25) is 0 Å². The zero-order valence-electron chi connectivity index (χ0n) is 10.1. The molecule has 0 aliphatic carbocycles. The zero-order chi connectivity index (χ0) is 12.7. The number of aldehydes is 1. The molecule has 4 heteroatoms. The molecule has 1 aromatic carbocycles. The minimum absolute atomic E-state index is 0.160. The lowest BCUT2D eigenvalue weighted by Gasteiger charge is -2.14. The highest BCUT2D eigenvalue weighted by Crippen LogP contribution is 2.29. The number of hydrogen-bond acceptors (Lipinski definition) is 3. The SMILES string of the molecule is CCC(C)Oc1ccc(OCCC=O)c(Cl)c1. The Morgan fingerprint density at radius 3 is 2.82 bits per heavy atom. The number of carbonyl (C=O) groups is 1. The van der Waals surface area contributed by atoms with Crippen LogP contribution in [-0.4, -0.2) is 19.0 Å². The van der Waals surface area contributed by atoms with Crippen molar-refractivity contribution in [3.63, 3.8) is 0 Å². The highest BCUT2D eigenvalue weighted by Gasteiger charge is 2.06. The smallest absolute Gasteiger partial charge is 0.138 e. The van der Waals surface area contributed by atoms with Gasteiger partial charge in [-0.25, -0.2) is 0 Å². The van der Waals surface area contributed by atoms with Crippen LogP contribution in [0.1, 0.15) is 26.7 Å². The molecule has 94 valence electrons. The predicted octanol–water partition coefficient (Wildman–Crippen LogP) is 3.49. The maximum absolute atomic E-state index is 10.2. The third-order valence-electron chi connectivity index (χ3n) is 2.31. The van der Waals surface area contributed by atoms with Gasteiger partial charge < -0.3 is 14.3 Å². The van der Waals surface area contributed by atoms with Gasteiger partial charge in [0.05, 0.1) is 17.7 Å². The fourth-order valence-electron chi connectivity index (χ4n) is 1.20. The van der Waals surface area contributed by atoms with Gasteiger partial charge >= 0.3 is 0 Å². The quantitative estimate of drug-likeness (QED) is 0.553. The Kier molecular flexibility index (Phi) is 5.84. The Labute approximate surface area is 107 Å².